The zero-order valence-electron chi connectivity index (χ0n) is 10.6. The van der Waals surface area contributed by atoms with Crippen LogP contribution in [0.25, 0.3) is 0 Å². The first-order valence-corrected chi connectivity index (χ1v) is 6.50. The molecule has 0 fully saturated rings. The number of hydrogen-bond acceptors (Lipinski definition) is 2. The number of benzene rings is 1. The average molecular weight is 284 g/mol. The zero-order valence-corrected chi connectivity index (χ0v) is 11.4. The maximum atomic E-state index is 11.4. The molecule has 6 heteroatoms. The highest BCUT2D eigenvalue weighted by Gasteiger charge is 2.00. The van der Waals surface area contributed by atoms with Gasteiger partial charge in [0.15, 0.2) is 0 Å². The summed E-state index contributed by atoms with van der Waals surface area (Å²) in [6, 6.07) is 7.27. The van der Waals surface area contributed by atoms with E-state index in [1.54, 1.807) is 0 Å². The summed E-state index contributed by atoms with van der Waals surface area (Å²) in [5, 5.41) is 6.07. The van der Waals surface area contributed by atoms with Gasteiger partial charge in [-0.25, -0.2) is 4.79 Å². The molecule has 0 aliphatic heterocycles. The van der Waals surface area contributed by atoms with Crippen LogP contribution in [-0.2, 0) is 11.2 Å². The number of carbonyl (C=O) groups excluding carboxylic acids is 2. The molecule has 0 spiro atoms. The monoisotopic (exact) mass is 283 g/mol. The minimum Gasteiger partial charge on any atom is -0.370 e. The molecule has 0 aliphatic carbocycles. The Morgan fingerprint density at radius 3 is 2.63 bits per heavy atom. The molecule has 19 heavy (non-hydrogen) atoms. The van der Waals surface area contributed by atoms with E-state index in [-0.39, 0.29) is 18.4 Å². The summed E-state index contributed by atoms with van der Waals surface area (Å²) in [5.74, 6) is -0.358. The Hall–Kier alpha value is -1.75. The second-order valence-corrected chi connectivity index (χ2v) is 4.57. The molecule has 0 atom stereocenters. The van der Waals surface area contributed by atoms with Crippen LogP contribution < -0.4 is 16.4 Å². The second-order valence-electron chi connectivity index (χ2n) is 4.13. The van der Waals surface area contributed by atoms with Gasteiger partial charge in [0.05, 0.1) is 0 Å². The number of urea groups is 1. The summed E-state index contributed by atoms with van der Waals surface area (Å²) >= 11 is 5.86. The average Bonchev–Trinajstić information content (AvgIpc) is 2.34. The third-order valence-electron chi connectivity index (χ3n) is 2.47. The van der Waals surface area contributed by atoms with Crippen molar-refractivity contribution in [3.05, 3.63) is 34.9 Å². The van der Waals surface area contributed by atoms with Gasteiger partial charge in [-0.1, -0.05) is 23.7 Å². The quantitative estimate of drug-likeness (QED) is 0.662. The minimum absolute atomic E-state index is 0.244. The van der Waals surface area contributed by atoms with Crippen molar-refractivity contribution in [1.82, 2.24) is 10.6 Å². The first kappa shape index (κ1) is 15.3. The standard InChI is InChI=1S/C13H18ClN3O2/c14-11-4-1-3-10(9-11)6-8-17-13(19)16-7-2-5-12(15)18/h1,3-4,9H,2,5-8H2,(H2,15,18)(H2,16,17,19). The van der Waals surface area contributed by atoms with Crippen molar-refractivity contribution < 1.29 is 9.59 Å². The van der Waals surface area contributed by atoms with E-state index in [0.29, 0.717) is 24.5 Å². The summed E-state index contributed by atoms with van der Waals surface area (Å²) in [4.78, 5) is 21.9. The van der Waals surface area contributed by atoms with E-state index < -0.39 is 0 Å². The maximum Gasteiger partial charge on any atom is 0.314 e. The van der Waals surface area contributed by atoms with Crippen molar-refractivity contribution >= 4 is 23.5 Å². The number of hydrogen-bond donors (Lipinski definition) is 3. The Morgan fingerprint density at radius 2 is 1.95 bits per heavy atom. The van der Waals surface area contributed by atoms with Crippen LogP contribution in [0.2, 0.25) is 5.02 Å². The van der Waals surface area contributed by atoms with Gasteiger partial charge < -0.3 is 16.4 Å². The fraction of sp³-hybridized carbons (Fsp3) is 0.385. The predicted molar refractivity (Wildman–Crippen MR) is 75.0 cm³/mol. The van der Waals surface area contributed by atoms with Crippen LogP contribution in [0.3, 0.4) is 0 Å². The van der Waals surface area contributed by atoms with Crippen molar-refractivity contribution in [2.45, 2.75) is 19.3 Å². The summed E-state index contributed by atoms with van der Waals surface area (Å²) in [6.07, 6.45) is 1.55. The Bertz CT molecular complexity index is 438. The molecule has 0 saturated carbocycles. The number of nitrogens with one attached hydrogen (secondary N) is 2. The number of nitrogens with two attached hydrogens (primary N) is 1. The van der Waals surface area contributed by atoms with Crippen LogP contribution in [0.1, 0.15) is 18.4 Å². The molecule has 0 radical (unpaired) electrons. The van der Waals surface area contributed by atoms with E-state index in [2.05, 4.69) is 10.6 Å². The van der Waals surface area contributed by atoms with Gasteiger partial charge in [0.1, 0.15) is 0 Å². The first-order chi connectivity index (χ1) is 9.08. The highest BCUT2D eigenvalue weighted by atomic mass is 35.5. The van der Waals surface area contributed by atoms with Crippen LogP contribution >= 0.6 is 11.6 Å². The lowest BCUT2D eigenvalue weighted by molar-refractivity contribution is -0.118. The lowest BCUT2D eigenvalue weighted by Gasteiger charge is -2.07. The van der Waals surface area contributed by atoms with Gasteiger partial charge in [-0.3, -0.25) is 4.79 Å². The Labute approximate surface area is 117 Å². The second kappa shape index (κ2) is 8.37. The van der Waals surface area contributed by atoms with E-state index in [1.807, 2.05) is 24.3 Å². The van der Waals surface area contributed by atoms with Crippen molar-refractivity contribution in [1.29, 1.82) is 0 Å². The molecule has 1 aromatic rings. The van der Waals surface area contributed by atoms with Crippen LogP contribution in [0, 0.1) is 0 Å². The third-order valence-corrected chi connectivity index (χ3v) is 2.71. The first-order valence-electron chi connectivity index (χ1n) is 6.12. The number of rotatable bonds is 7. The van der Waals surface area contributed by atoms with Crippen LogP contribution in [-0.4, -0.2) is 25.0 Å². The molecule has 0 unspecified atom stereocenters. The molecular formula is C13H18ClN3O2. The van der Waals surface area contributed by atoms with Gasteiger partial charge in [0.25, 0.3) is 0 Å². The SMILES string of the molecule is NC(=O)CCCNC(=O)NCCc1cccc(Cl)c1. The Balaban J connectivity index is 2.12. The third kappa shape index (κ3) is 7.31. The summed E-state index contributed by atoms with van der Waals surface area (Å²) in [5.41, 5.74) is 6.06. The highest BCUT2D eigenvalue weighted by molar-refractivity contribution is 6.30. The van der Waals surface area contributed by atoms with Gasteiger partial charge in [0, 0.05) is 24.5 Å². The van der Waals surface area contributed by atoms with E-state index in [4.69, 9.17) is 17.3 Å². The van der Waals surface area contributed by atoms with Gasteiger partial charge in [-0.15, -0.1) is 0 Å². The van der Waals surface area contributed by atoms with Gasteiger partial charge in [0.2, 0.25) is 5.91 Å². The zero-order chi connectivity index (χ0) is 14.1. The predicted octanol–water partition coefficient (Wildman–Crippen LogP) is 1.45. The molecular weight excluding hydrogens is 266 g/mol. The molecule has 0 aromatic heterocycles. The van der Waals surface area contributed by atoms with Crippen LogP contribution in [0.5, 0.6) is 0 Å². The van der Waals surface area contributed by atoms with E-state index in [0.717, 1.165) is 12.0 Å². The van der Waals surface area contributed by atoms with Crippen LogP contribution in [0.4, 0.5) is 4.79 Å². The van der Waals surface area contributed by atoms with E-state index in [9.17, 15) is 9.59 Å². The van der Waals surface area contributed by atoms with Crippen LogP contribution in [0.15, 0.2) is 24.3 Å². The van der Waals surface area contributed by atoms with E-state index in [1.165, 1.54) is 0 Å². The molecule has 0 heterocycles. The largest absolute Gasteiger partial charge is 0.370 e. The number of amides is 3. The molecule has 1 aromatic carbocycles. The molecule has 0 saturated heterocycles. The summed E-state index contributed by atoms with van der Waals surface area (Å²) < 4.78 is 0. The van der Waals surface area contributed by atoms with Gasteiger partial charge in [-0.05, 0) is 30.5 Å². The van der Waals surface area contributed by atoms with E-state index >= 15 is 0 Å². The normalized spacial score (nSPS) is 9.95. The lowest BCUT2D eigenvalue weighted by atomic mass is 10.1. The minimum atomic E-state index is -0.358. The Morgan fingerprint density at radius 1 is 1.21 bits per heavy atom. The highest BCUT2D eigenvalue weighted by Crippen LogP contribution is 2.10. The lowest BCUT2D eigenvalue weighted by Crippen LogP contribution is -2.37. The summed E-state index contributed by atoms with van der Waals surface area (Å²) in [6.45, 7) is 0.966. The Kier molecular flexibility index (Phi) is 6.74. The van der Waals surface area contributed by atoms with Crippen molar-refractivity contribution in [3.8, 4) is 0 Å². The molecule has 104 valence electrons. The summed E-state index contributed by atoms with van der Waals surface area (Å²) in [7, 11) is 0. The number of halogens is 1. The van der Waals surface area contributed by atoms with Crippen molar-refractivity contribution in [2.75, 3.05) is 13.1 Å². The molecule has 0 bridgehead atoms. The smallest absolute Gasteiger partial charge is 0.314 e. The number of carbonyl (C=O) groups is 2. The maximum absolute atomic E-state index is 11.4. The fourth-order valence-electron chi connectivity index (χ4n) is 1.54. The van der Waals surface area contributed by atoms with Gasteiger partial charge in [-0.2, -0.15) is 0 Å². The fourth-order valence-corrected chi connectivity index (χ4v) is 1.75. The van der Waals surface area contributed by atoms with Crippen molar-refractivity contribution in [3.63, 3.8) is 0 Å². The topological polar surface area (TPSA) is 84.2 Å². The molecule has 5 nitrogen and oxygen atoms in total. The van der Waals surface area contributed by atoms with Gasteiger partial charge >= 0.3 is 6.03 Å². The molecule has 3 amide bonds. The number of primary amides is 1. The molecule has 0 aliphatic rings. The molecule has 4 N–H and O–H groups in total. The van der Waals surface area contributed by atoms with Crippen molar-refractivity contribution in [2.24, 2.45) is 5.73 Å². The molecule has 1 rings (SSSR count).